The predicted octanol–water partition coefficient (Wildman–Crippen LogP) is 4.76. The Labute approximate surface area is 209 Å². The third-order valence-corrected chi connectivity index (χ3v) is 8.12. The van der Waals surface area contributed by atoms with Gasteiger partial charge in [0.05, 0.1) is 13.2 Å². The normalized spacial score (nSPS) is 11.7. The molecular weight excluding hydrogens is 493 g/mol. The van der Waals surface area contributed by atoms with Gasteiger partial charge in [-0.15, -0.1) is 11.3 Å². The second-order valence-corrected chi connectivity index (χ2v) is 11.4. The van der Waals surface area contributed by atoms with Gasteiger partial charge in [0.2, 0.25) is 0 Å². The van der Waals surface area contributed by atoms with E-state index in [4.69, 9.17) is 9.47 Å². The van der Waals surface area contributed by atoms with Gasteiger partial charge in [-0.3, -0.25) is 0 Å². The zero-order valence-electron chi connectivity index (χ0n) is 20.2. The molecule has 0 saturated carbocycles. The number of thiophene rings is 1. The topological polar surface area (TPSA) is 99.5 Å². The first-order valence-corrected chi connectivity index (χ1v) is 13.6. The van der Waals surface area contributed by atoms with Gasteiger partial charge in [0.15, 0.2) is 0 Å². The summed E-state index contributed by atoms with van der Waals surface area (Å²) in [7, 11) is -4.25. The van der Waals surface area contributed by atoms with Crippen molar-refractivity contribution in [1.82, 2.24) is 14.3 Å². The van der Waals surface area contributed by atoms with Crippen LogP contribution in [0.2, 0.25) is 0 Å². The molecule has 8 nitrogen and oxygen atoms in total. The van der Waals surface area contributed by atoms with E-state index in [1.165, 1.54) is 6.07 Å². The lowest BCUT2D eigenvalue weighted by atomic mass is 10.0. The smallest absolute Gasteiger partial charge is 0.421 e. The van der Waals surface area contributed by atoms with Crippen LogP contribution < -0.4 is 4.72 Å². The Morgan fingerprint density at radius 1 is 1.26 bits per heavy atom. The molecule has 2 heterocycles. The highest BCUT2D eigenvalue weighted by Crippen LogP contribution is 2.37. The lowest BCUT2D eigenvalue weighted by Gasteiger charge is -2.10. The first-order chi connectivity index (χ1) is 16.6. The Bertz CT molecular complexity index is 1270. The van der Waals surface area contributed by atoms with Crippen LogP contribution >= 0.6 is 11.3 Å². The maximum Gasteiger partial charge on any atom is 0.421 e. The second-order valence-electron chi connectivity index (χ2n) is 8.36. The fraction of sp³-hybridized carbons (Fsp3) is 0.417. The molecule has 0 spiro atoms. The van der Waals surface area contributed by atoms with Gasteiger partial charge in [-0.2, -0.15) is 0 Å². The van der Waals surface area contributed by atoms with Crippen LogP contribution in [-0.4, -0.2) is 43.9 Å². The number of carbonyl (C=O) groups excluding carboxylic acids is 1. The number of halogens is 1. The molecule has 0 saturated heterocycles. The Morgan fingerprint density at radius 3 is 2.66 bits per heavy atom. The van der Waals surface area contributed by atoms with Gasteiger partial charge in [-0.05, 0) is 43.9 Å². The summed E-state index contributed by atoms with van der Waals surface area (Å²) in [5.74, 6) is 0.585. The minimum atomic E-state index is -4.25. The molecule has 1 N–H and O–H groups in total. The third kappa shape index (κ3) is 7.12. The summed E-state index contributed by atoms with van der Waals surface area (Å²) in [4.78, 5) is 17.0. The van der Waals surface area contributed by atoms with Crippen LogP contribution in [0.3, 0.4) is 0 Å². The molecular formula is C24H30FN3O5S2. The van der Waals surface area contributed by atoms with Crippen molar-refractivity contribution in [3.8, 4) is 11.1 Å². The third-order valence-electron chi connectivity index (χ3n) is 5.11. The summed E-state index contributed by atoms with van der Waals surface area (Å²) in [6, 6.07) is 6.39. The van der Waals surface area contributed by atoms with Crippen molar-refractivity contribution in [2.24, 2.45) is 5.92 Å². The van der Waals surface area contributed by atoms with Crippen molar-refractivity contribution >= 4 is 27.5 Å². The van der Waals surface area contributed by atoms with E-state index >= 15 is 4.39 Å². The summed E-state index contributed by atoms with van der Waals surface area (Å²) in [5, 5.41) is 0. The standard InChI is InChI=1S/C24H30FN3O5S2/c1-5-32-10-11-33-24(29)27-35(30,31)23-21(14-20(34-23)12-16(2)3)18-6-7-19(22(25)13-18)15-28-9-8-26-17(28)4/h6-9,13-14,16H,5,10-12,15H2,1-4H3,(H,27,29). The van der Waals surface area contributed by atoms with Gasteiger partial charge >= 0.3 is 6.09 Å². The van der Waals surface area contributed by atoms with Crippen LogP contribution in [0.15, 0.2) is 40.9 Å². The summed E-state index contributed by atoms with van der Waals surface area (Å²) in [6.45, 7) is 8.52. The largest absolute Gasteiger partial charge is 0.446 e. The predicted molar refractivity (Wildman–Crippen MR) is 132 cm³/mol. The number of rotatable bonds is 11. The number of imidazole rings is 1. The number of aromatic nitrogens is 2. The molecule has 0 aliphatic heterocycles. The molecule has 0 unspecified atom stereocenters. The number of ether oxygens (including phenoxy) is 2. The molecule has 0 fully saturated rings. The number of hydrogen-bond acceptors (Lipinski definition) is 7. The van der Waals surface area contributed by atoms with Gasteiger partial charge in [0, 0.05) is 35.0 Å². The zero-order chi connectivity index (χ0) is 25.6. The molecule has 1 amide bonds. The van der Waals surface area contributed by atoms with Gasteiger partial charge in [0.25, 0.3) is 10.0 Å². The second kappa shape index (κ2) is 11.8. The molecule has 3 rings (SSSR count). The highest BCUT2D eigenvalue weighted by Gasteiger charge is 2.27. The van der Waals surface area contributed by atoms with Crippen molar-refractivity contribution in [2.45, 2.75) is 44.9 Å². The Kier molecular flexibility index (Phi) is 9.03. The minimum Gasteiger partial charge on any atom is -0.446 e. The molecule has 0 aliphatic rings. The minimum absolute atomic E-state index is 0.0625. The number of benzene rings is 1. The lowest BCUT2D eigenvalue weighted by molar-refractivity contribution is 0.0813. The molecule has 0 bridgehead atoms. The number of sulfonamides is 1. The summed E-state index contributed by atoms with van der Waals surface area (Å²) in [6.07, 6.45) is 2.97. The highest BCUT2D eigenvalue weighted by molar-refractivity contribution is 7.92. The van der Waals surface area contributed by atoms with Gasteiger partial charge in [-0.25, -0.2) is 27.3 Å². The van der Waals surface area contributed by atoms with Crippen molar-refractivity contribution < 1.29 is 27.1 Å². The van der Waals surface area contributed by atoms with Crippen molar-refractivity contribution in [3.63, 3.8) is 0 Å². The van der Waals surface area contributed by atoms with E-state index in [2.05, 4.69) is 4.98 Å². The maximum atomic E-state index is 15.0. The number of amides is 1. The van der Waals surface area contributed by atoms with E-state index in [1.807, 2.05) is 30.1 Å². The fourth-order valence-electron chi connectivity index (χ4n) is 3.45. The summed E-state index contributed by atoms with van der Waals surface area (Å²) in [5.41, 5.74) is 1.20. The van der Waals surface area contributed by atoms with Crippen molar-refractivity contribution in [1.29, 1.82) is 0 Å². The quantitative estimate of drug-likeness (QED) is 0.364. The number of carbonyl (C=O) groups is 1. The van der Waals surface area contributed by atoms with E-state index in [0.29, 0.717) is 36.3 Å². The van der Waals surface area contributed by atoms with Crippen molar-refractivity contribution in [3.05, 3.63) is 58.7 Å². The first kappa shape index (κ1) is 26.8. The molecule has 0 aliphatic carbocycles. The molecule has 35 heavy (non-hydrogen) atoms. The number of hydrogen-bond donors (Lipinski definition) is 1. The first-order valence-electron chi connectivity index (χ1n) is 11.3. The molecule has 3 aromatic rings. The van der Waals surface area contributed by atoms with E-state index in [9.17, 15) is 13.2 Å². The maximum absolute atomic E-state index is 15.0. The number of nitrogens with one attached hydrogen (secondary N) is 1. The SMILES string of the molecule is CCOCCOC(=O)NS(=O)(=O)c1sc(CC(C)C)cc1-c1ccc(Cn2ccnc2C)c(F)c1. The average molecular weight is 524 g/mol. The fourth-order valence-corrected chi connectivity index (χ4v) is 6.29. The van der Waals surface area contributed by atoms with Crippen LogP contribution in [0.25, 0.3) is 11.1 Å². The average Bonchev–Trinajstić information content (AvgIpc) is 3.38. The van der Waals surface area contributed by atoms with E-state index in [1.54, 1.807) is 37.5 Å². The Balaban J connectivity index is 1.90. The zero-order valence-corrected chi connectivity index (χ0v) is 21.8. The van der Waals surface area contributed by atoms with Crippen LogP contribution in [-0.2, 0) is 32.5 Å². The number of aryl methyl sites for hydroxylation is 1. The summed E-state index contributed by atoms with van der Waals surface area (Å²) >= 11 is 1.06. The van der Waals surface area contributed by atoms with Crippen LogP contribution in [0.5, 0.6) is 0 Å². The van der Waals surface area contributed by atoms with E-state index in [0.717, 1.165) is 22.0 Å². The Morgan fingerprint density at radius 2 is 2.03 bits per heavy atom. The molecule has 0 radical (unpaired) electrons. The molecule has 1 aromatic carbocycles. The van der Waals surface area contributed by atoms with Gasteiger partial charge < -0.3 is 14.0 Å². The van der Waals surface area contributed by atoms with Crippen molar-refractivity contribution in [2.75, 3.05) is 19.8 Å². The molecule has 190 valence electrons. The molecule has 11 heteroatoms. The number of nitrogens with zero attached hydrogens (tertiary/aromatic N) is 2. The molecule has 2 aromatic heterocycles. The van der Waals surface area contributed by atoms with Gasteiger partial charge in [-0.1, -0.05) is 26.0 Å². The molecule has 0 atom stereocenters. The lowest BCUT2D eigenvalue weighted by Crippen LogP contribution is -2.31. The van der Waals surface area contributed by atoms with Crippen LogP contribution in [0, 0.1) is 18.7 Å². The van der Waals surface area contributed by atoms with Gasteiger partial charge in [0.1, 0.15) is 22.5 Å². The van der Waals surface area contributed by atoms with Crippen LogP contribution in [0.4, 0.5) is 9.18 Å². The van der Waals surface area contributed by atoms with Crippen LogP contribution in [0.1, 0.15) is 37.0 Å². The summed E-state index contributed by atoms with van der Waals surface area (Å²) < 4.78 is 54.9. The van der Waals surface area contributed by atoms with E-state index < -0.39 is 21.9 Å². The Hall–Kier alpha value is -2.76. The highest BCUT2D eigenvalue weighted by atomic mass is 32.2. The van der Waals surface area contributed by atoms with E-state index in [-0.39, 0.29) is 23.3 Å². The monoisotopic (exact) mass is 523 g/mol.